The lowest BCUT2D eigenvalue weighted by molar-refractivity contribution is -0.116. The van der Waals surface area contributed by atoms with Crippen molar-refractivity contribution in [1.29, 1.82) is 0 Å². The number of anilines is 2. The van der Waals surface area contributed by atoms with Crippen molar-refractivity contribution in [3.63, 3.8) is 0 Å². The topological polar surface area (TPSA) is 130 Å². The summed E-state index contributed by atoms with van der Waals surface area (Å²) in [7, 11) is 5.79. The number of aromatic nitrogens is 4. The Morgan fingerprint density at radius 3 is 2.31 bits per heavy atom. The number of hydrogen-bond acceptors (Lipinski definition) is 7. The summed E-state index contributed by atoms with van der Waals surface area (Å²) >= 11 is 13.6. The maximum absolute atomic E-state index is 15.4. The first-order valence-electron chi connectivity index (χ1n) is 21.2. The minimum absolute atomic E-state index is 0.00464. The second-order valence-electron chi connectivity index (χ2n) is 17.0. The van der Waals surface area contributed by atoms with E-state index < -0.39 is 5.97 Å². The van der Waals surface area contributed by atoms with Crippen LogP contribution in [-0.2, 0) is 25.3 Å². The van der Waals surface area contributed by atoms with Crippen molar-refractivity contribution in [3.05, 3.63) is 91.8 Å². The lowest BCUT2D eigenvalue weighted by Gasteiger charge is -2.34. The Balaban J connectivity index is 1.18. The van der Waals surface area contributed by atoms with Crippen LogP contribution in [0.15, 0.2) is 42.5 Å². The number of carboxylic acids is 1. The quantitative estimate of drug-likeness (QED) is 0.117. The van der Waals surface area contributed by atoms with E-state index in [2.05, 4.69) is 26.7 Å². The number of benzene rings is 3. The van der Waals surface area contributed by atoms with Gasteiger partial charge in [-0.05, 0) is 108 Å². The highest BCUT2D eigenvalue weighted by atomic mass is 35.5. The summed E-state index contributed by atoms with van der Waals surface area (Å²) in [6.45, 7) is 14.9. The van der Waals surface area contributed by atoms with Crippen LogP contribution in [0.5, 0.6) is 5.75 Å². The van der Waals surface area contributed by atoms with Gasteiger partial charge >= 0.3 is 5.97 Å². The van der Waals surface area contributed by atoms with Crippen molar-refractivity contribution in [2.75, 3.05) is 63.1 Å². The van der Waals surface area contributed by atoms with Gasteiger partial charge in [-0.1, -0.05) is 29.3 Å². The van der Waals surface area contributed by atoms with Gasteiger partial charge in [0.2, 0.25) is 5.91 Å². The molecule has 2 aliphatic heterocycles. The molecule has 2 N–H and O–H groups in total. The number of piperazine rings is 1. The van der Waals surface area contributed by atoms with Crippen molar-refractivity contribution in [2.45, 2.75) is 59.9 Å². The number of ether oxygens (including phenoxy) is 1. The maximum atomic E-state index is 15.4. The van der Waals surface area contributed by atoms with Gasteiger partial charge in [0.1, 0.15) is 22.8 Å². The number of carbonyl (C=O) groups excluding carboxylic acids is 2. The molecule has 2 amide bonds. The summed E-state index contributed by atoms with van der Waals surface area (Å²) < 4.78 is 12.0. The molecule has 3 aromatic carbocycles. The van der Waals surface area contributed by atoms with E-state index in [0.717, 1.165) is 82.0 Å². The summed E-state index contributed by atoms with van der Waals surface area (Å²) in [5.41, 5.74) is 8.64. The molecule has 5 heterocycles. The zero-order valence-electron chi connectivity index (χ0n) is 36.7. The minimum atomic E-state index is -1.17. The van der Waals surface area contributed by atoms with E-state index in [1.165, 1.54) is 0 Å². The highest BCUT2D eigenvalue weighted by Gasteiger charge is 2.40. The number of halogens is 2. The molecule has 1 atom stereocenters. The molecular weight excluding hydrogens is 827 g/mol. The number of nitrogens with one attached hydrogen (secondary N) is 1. The summed E-state index contributed by atoms with van der Waals surface area (Å²) in [5, 5.41) is 21.2. The van der Waals surface area contributed by atoms with Crippen LogP contribution in [0.1, 0.15) is 74.7 Å². The predicted molar refractivity (Wildman–Crippen MR) is 247 cm³/mol. The van der Waals surface area contributed by atoms with Crippen molar-refractivity contribution in [3.8, 4) is 16.9 Å². The molecule has 3 aromatic heterocycles. The normalized spacial score (nSPS) is 16.1. The Bertz CT molecular complexity index is 2750. The lowest BCUT2D eigenvalue weighted by Crippen LogP contribution is -2.45. The number of carboxylic acid groups (broad SMARTS) is 1. The average Bonchev–Trinajstić information content (AvgIpc) is 3.81. The molecule has 15 heteroatoms. The summed E-state index contributed by atoms with van der Waals surface area (Å²) in [6.07, 6.45) is 1.42. The third-order valence-electron chi connectivity index (χ3n) is 12.7. The van der Waals surface area contributed by atoms with Gasteiger partial charge in [0.05, 0.1) is 28.4 Å². The molecule has 0 spiro atoms. The fourth-order valence-electron chi connectivity index (χ4n) is 9.50. The zero-order valence-corrected chi connectivity index (χ0v) is 38.2. The van der Waals surface area contributed by atoms with E-state index >= 15 is 4.79 Å². The van der Waals surface area contributed by atoms with Crippen LogP contribution >= 0.6 is 23.2 Å². The van der Waals surface area contributed by atoms with Gasteiger partial charge in [-0.2, -0.15) is 5.10 Å². The Morgan fingerprint density at radius 2 is 1.65 bits per heavy atom. The van der Waals surface area contributed by atoms with Gasteiger partial charge < -0.3 is 34.1 Å². The second kappa shape index (κ2) is 17.1. The molecule has 8 rings (SSSR count). The Labute approximate surface area is 371 Å². The van der Waals surface area contributed by atoms with E-state index in [1.807, 2.05) is 70.6 Å². The second-order valence-corrected chi connectivity index (χ2v) is 17.8. The van der Waals surface area contributed by atoms with Gasteiger partial charge in [-0.15, -0.1) is 0 Å². The van der Waals surface area contributed by atoms with E-state index in [0.29, 0.717) is 64.7 Å². The molecule has 62 heavy (non-hydrogen) atoms. The first kappa shape index (κ1) is 43.3. The number of carbonyl (C=O) groups is 3. The van der Waals surface area contributed by atoms with Crippen LogP contribution in [0.25, 0.3) is 32.9 Å². The summed E-state index contributed by atoms with van der Waals surface area (Å²) in [4.78, 5) is 48.0. The van der Waals surface area contributed by atoms with Crippen molar-refractivity contribution < 1.29 is 24.2 Å². The van der Waals surface area contributed by atoms with Gasteiger partial charge in [-0.3, -0.25) is 19.2 Å². The Kier molecular flexibility index (Phi) is 11.9. The number of hydrogen-bond donors (Lipinski definition) is 2. The summed E-state index contributed by atoms with van der Waals surface area (Å²) in [6, 6.07) is 12.7. The summed E-state index contributed by atoms with van der Waals surface area (Å²) in [5.74, 6) is -0.619. The fraction of sp³-hybridized carbons (Fsp3) is 0.404. The third-order valence-corrected chi connectivity index (χ3v) is 13.6. The zero-order chi connectivity index (χ0) is 44.3. The van der Waals surface area contributed by atoms with Gasteiger partial charge in [0.25, 0.3) is 5.91 Å². The van der Waals surface area contributed by atoms with Crippen LogP contribution in [0.2, 0.25) is 10.0 Å². The Morgan fingerprint density at radius 1 is 0.935 bits per heavy atom. The number of fused-ring (bicyclic) bond motifs is 4. The molecule has 0 unspecified atom stereocenters. The SMILES string of the molecule is Cc1cc(OCCCc2c3n(c4c(-c5c(C)nn(C)c5C)c(Cl)ccc24)[C@H](C)CN(c2c(C(=O)O)c4cc(NC(=O)CCN5CCN(C)CC5)ccc4n2C)C3=O)cc(C)c1Cl. The largest absolute Gasteiger partial charge is 0.494 e. The molecule has 6 aromatic rings. The molecule has 326 valence electrons. The smallest absolute Gasteiger partial charge is 0.340 e. The molecule has 0 aliphatic carbocycles. The molecule has 1 fully saturated rings. The predicted octanol–water partition coefficient (Wildman–Crippen LogP) is 8.58. The van der Waals surface area contributed by atoms with Crippen molar-refractivity contribution in [1.82, 2.24) is 28.7 Å². The van der Waals surface area contributed by atoms with E-state index in [1.54, 1.807) is 34.7 Å². The molecule has 1 saturated heterocycles. The number of aromatic carboxylic acids is 1. The minimum Gasteiger partial charge on any atom is -0.494 e. The number of likely N-dealkylation sites (N-methyl/N-ethyl adjacent to an activating group) is 1. The molecule has 0 saturated carbocycles. The van der Waals surface area contributed by atoms with Gasteiger partial charge in [-0.25, -0.2) is 4.79 Å². The first-order chi connectivity index (χ1) is 29.5. The maximum Gasteiger partial charge on any atom is 0.340 e. The van der Waals surface area contributed by atoms with Crippen molar-refractivity contribution >= 4 is 74.3 Å². The van der Waals surface area contributed by atoms with Gasteiger partial charge in [0.15, 0.2) is 0 Å². The fourth-order valence-corrected chi connectivity index (χ4v) is 9.86. The molecule has 0 radical (unpaired) electrons. The molecular formula is C47H54Cl2N8O5. The van der Waals surface area contributed by atoms with E-state index in [4.69, 9.17) is 33.0 Å². The van der Waals surface area contributed by atoms with Crippen LogP contribution < -0.4 is 15.0 Å². The van der Waals surface area contributed by atoms with Crippen LogP contribution in [-0.4, -0.2) is 105 Å². The molecule has 13 nitrogen and oxygen atoms in total. The highest BCUT2D eigenvalue weighted by molar-refractivity contribution is 6.35. The first-order valence-corrected chi connectivity index (χ1v) is 21.9. The number of amides is 2. The average molecular weight is 882 g/mol. The number of rotatable bonds is 12. The van der Waals surface area contributed by atoms with Crippen LogP contribution in [0.4, 0.5) is 11.5 Å². The van der Waals surface area contributed by atoms with E-state index in [9.17, 15) is 14.7 Å². The molecule has 2 aliphatic rings. The van der Waals surface area contributed by atoms with Crippen LogP contribution in [0.3, 0.4) is 0 Å². The highest BCUT2D eigenvalue weighted by Crippen LogP contribution is 2.46. The molecule has 0 bridgehead atoms. The standard InChI is InChI=1S/C47H54Cl2N8O5/c1-26-22-32(23-27(2)42(26)49)62-21-9-10-33-34-12-13-36(48)41(39-29(4)51-54(8)30(39)5)43(34)57-28(3)25-56(46(59)44(33)57)45-40(47(60)61)35-24-31(11-14-37(35)53(45)7)50-38(58)15-16-55-19-17-52(6)18-20-55/h11-14,22-24,28H,9-10,15-21,25H2,1-8H3,(H,50,58)(H,60,61)/t28-/m1/s1. The number of nitrogens with zero attached hydrogens (tertiary/aromatic N) is 7. The number of aryl methyl sites for hydroxylation is 6. The van der Waals surface area contributed by atoms with Crippen LogP contribution in [0, 0.1) is 27.7 Å². The van der Waals surface area contributed by atoms with E-state index in [-0.39, 0.29) is 35.8 Å². The Hall–Kier alpha value is -5.34. The monoisotopic (exact) mass is 880 g/mol. The van der Waals surface area contributed by atoms with Crippen molar-refractivity contribution in [2.24, 2.45) is 14.1 Å². The third kappa shape index (κ3) is 7.73. The van der Waals surface area contributed by atoms with Gasteiger partial charge in [0, 0.05) is 104 Å². The lowest BCUT2D eigenvalue weighted by atomic mass is 9.98.